The Balaban J connectivity index is 2.14. The molecule has 0 aromatic heterocycles. The molecule has 0 saturated heterocycles. The summed E-state index contributed by atoms with van der Waals surface area (Å²) in [4.78, 5) is 13.8. The summed E-state index contributed by atoms with van der Waals surface area (Å²) in [5.74, 6) is 0. The highest BCUT2D eigenvalue weighted by Crippen LogP contribution is 2.22. The van der Waals surface area contributed by atoms with Crippen LogP contribution >= 0.6 is 0 Å². The minimum absolute atomic E-state index is 0.0271. The minimum atomic E-state index is 0.0271. The molecule has 1 saturated carbocycles. The summed E-state index contributed by atoms with van der Waals surface area (Å²) in [5.41, 5.74) is 2.14. The number of nitrogens with zero attached hydrogens (tertiary/aromatic N) is 1. The molecule has 16 heavy (non-hydrogen) atoms. The van der Waals surface area contributed by atoms with Crippen LogP contribution in [0.15, 0.2) is 24.3 Å². The first-order valence-electron chi connectivity index (χ1n) is 5.86. The summed E-state index contributed by atoms with van der Waals surface area (Å²) in [7, 11) is 0. The Morgan fingerprint density at radius 2 is 2.12 bits per heavy atom. The van der Waals surface area contributed by atoms with Crippen LogP contribution in [0.4, 0.5) is 10.5 Å². The number of amides is 2. The van der Waals surface area contributed by atoms with Gasteiger partial charge in [0.05, 0.1) is 0 Å². The van der Waals surface area contributed by atoms with Crippen LogP contribution in [0.25, 0.3) is 0 Å². The summed E-state index contributed by atoms with van der Waals surface area (Å²) >= 11 is 0. The largest absolute Gasteiger partial charge is 0.335 e. The molecule has 0 atom stereocenters. The van der Waals surface area contributed by atoms with E-state index in [-0.39, 0.29) is 6.03 Å². The Bertz CT molecular complexity index is 385. The molecule has 2 rings (SSSR count). The van der Waals surface area contributed by atoms with Crippen molar-refractivity contribution in [2.75, 3.05) is 11.4 Å². The van der Waals surface area contributed by atoms with Crippen molar-refractivity contribution in [2.45, 2.75) is 32.7 Å². The lowest BCUT2D eigenvalue weighted by atomic mass is 10.2. The molecule has 0 radical (unpaired) electrons. The monoisotopic (exact) mass is 218 g/mol. The van der Waals surface area contributed by atoms with Crippen molar-refractivity contribution in [3.8, 4) is 0 Å². The number of aryl methyl sites for hydroxylation is 1. The zero-order valence-electron chi connectivity index (χ0n) is 9.86. The van der Waals surface area contributed by atoms with E-state index in [1.54, 1.807) is 4.90 Å². The predicted octanol–water partition coefficient (Wildman–Crippen LogP) is 2.69. The Morgan fingerprint density at radius 3 is 2.69 bits per heavy atom. The van der Waals surface area contributed by atoms with Gasteiger partial charge in [0.1, 0.15) is 0 Å². The molecule has 1 aliphatic carbocycles. The van der Waals surface area contributed by atoms with Crippen molar-refractivity contribution in [1.82, 2.24) is 5.32 Å². The Kier molecular flexibility index (Phi) is 3.13. The Labute approximate surface area is 96.5 Å². The van der Waals surface area contributed by atoms with E-state index in [0.29, 0.717) is 12.6 Å². The van der Waals surface area contributed by atoms with Crippen molar-refractivity contribution in [2.24, 2.45) is 0 Å². The summed E-state index contributed by atoms with van der Waals surface area (Å²) in [5, 5.41) is 3.02. The van der Waals surface area contributed by atoms with Crippen molar-refractivity contribution in [3.63, 3.8) is 0 Å². The van der Waals surface area contributed by atoms with E-state index in [4.69, 9.17) is 0 Å². The fraction of sp³-hybridized carbons (Fsp3) is 0.462. The van der Waals surface area contributed by atoms with Gasteiger partial charge in [-0.15, -0.1) is 0 Å². The van der Waals surface area contributed by atoms with E-state index in [9.17, 15) is 4.79 Å². The molecule has 86 valence electrons. The maximum absolute atomic E-state index is 12.0. The molecule has 0 heterocycles. The highest BCUT2D eigenvalue weighted by atomic mass is 16.2. The molecule has 3 nitrogen and oxygen atoms in total. The molecule has 0 bridgehead atoms. The van der Waals surface area contributed by atoms with E-state index in [0.717, 1.165) is 24.1 Å². The van der Waals surface area contributed by atoms with Crippen LogP contribution < -0.4 is 10.2 Å². The lowest BCUT2D eigenvalue weighted by Crippen LogP contribution is -2.41. The highest BCUT2D eigenvalue weighted by Gasteiger charge is 2.26. The second-order valence-corrected chi connectivity index (χ2v) is 4.25. The number of benzene rings is 1. The molecule has 0 spiro atoms. The number of carbonyl (C=O) groups is 1. The highest BCUT2D eigenvalue weighted by molar-refractivity contribution is 5.93. The zero-order valence-corrected chi connectivity index (χ0v) is 9.86. The van der Waals surface area contributed by atoms with E-state index in [2.05, 4.69) is 5.32 Å². The molecule has 1 N–H and O–H groups in total. The van der Waals surface area contributed by atoms with Gasteiger partial charge in [-0.2, -0.15) is 0 Å². The summed E-state index contributed by atoms with van der Waals surface area (Å²) in [6.45, 7) is 4.73. The van der Waals surface area contributed by atoms with Crippen LogP contribution in [0, 0.1) is 6.92 Å². The summed E-state index contributed by atoms with van der Waals surface area (Å²) in [6, 6.07) is 8.42. The number of para-hydroxylation sites is 1. The predicted molar refractivity (Wildman–Crippen MR) is 65.8 cm³/mol. The van der Waals surface area contributed by atoms with Crippen molar-refractivity contribution in [3.05, 3.63) is 29.8 Å². The Hall–Kier alpha value is -1.51. The first kappa shape index (κ1) is 11.0. The zero-order chi connectivity index (χ0) is 11.5. The normalized spacial score (nSPS) is 14.6. The topological polar surface area (TPSA) is 32.3 Å². The van der Waals surface area contributed by atoms with Crippen molar-refractivity contribution in [1.29, 1.82) is 0 Å². The quantitative estimate of drug-likeness (QED) is 0.831. The third-order valence-corrected chi connectivity index (χ3v) is 2.87. The standard InChI is InChI=1S/C13H18N2O/c1-3-15(13(16)14-11-8-9-11)12-7-5-4-6-10(12)2/h4-7,11H,3,8-9H2,1-2H3,(H,14,16). The smallest absolute Gasteiger partial charge is 0.322 e. The van der Waals surface area contributed by atoms with Gasteiger partial charge in [0.15, 0.2) is 0 Å². The summed E-state index contributed by atoms with van der Waals surface area (Å²) in [6.07, 6.45) is 2.24. The first-order chi connectivity index (χ1) is 7.72. The Morgan fingerprint density at radius 1 is 1.44 bits per heavy atom. The number of hydrogen-bond donors (Lipinski definition) is 1. The van der Waals surface area contributed by atoms with Gasteiger partial charge in [0.2, 0.25) is 0 Å². The number of hydrogen-bond acceptors (Lipinski definition) is 1. The summed E-state index contributed by atoms with van der Waals surface area (Å²) < 4.78 is 0. The third kappa shape index (κ3) is 2.35. The lowest BCUT2D eigenvalue weighted by Gasteiger charge is -2.23. The molecule has 2 amide bonds. The van der Waals surface area contributed by atoms with Gasteiger partial charge in [0.25, 0.3) is 0 Å². The molecule has 1 fully saturated rings. The average Bonchev–Trinajstić information content (AvgIpc) is 3.06. The van der Waals surface area contributed by atoms with Crippen LogP contribution in [-0.2, 0) is 0 Å². The average molecular weight is 218 g/mol. The lowest BCUT2D eigenvalue weighted by molar-refractivity contribution is 0.246. The van der Waals surface area contributed by atoms with Crippen LogP contribution in [0.1, 0.15) is 25.3 Å². The van der Waals surface area contributed by atoms with E-state index in [1.807, 2.05) is 38.1 Å². The van der Waals surface area contributed by atoms with Crippen LogP contribution in [0.3, 0.4) is 0 Å². The number of nitrogens with one attached hydrogen (secondary N) is 1. The van der Waals surface area contributed by atoms with Crippen molar-refractivity contribution >= 4 is 11.7 Å². The van der Waals surface area contributed by atoms with Gasteiger partial charge >= 0.3 is 6.03 Å². The number of rotatable bonds is 3. The third-order valence-electron chi connectivity index (χ3n) is 2.87. The van der Waals surface area contributed by atoms with Gasteiger partial charge in [0, 0.05) is 18.3 Å². The molecular formula is C13H18N2O. The van der Waals surface area contributed by atoms with Crippen LogP contribution in [0.2, 0.25) is 0 Å². The number of carbonyl (C=O) groups excluding carboxylic acids is 1. The fourth-order valence-corrected chi connectivity index (χ4v) is 1.77. The SMILES string of the molecule is CCN(C(=O)NC1CC1)c1ccccc1C. The van der Waals surface area contributed by atoms with Crippen LogP contribution in [-0.4, -0.2) is 18.6 Å². The van der Waals surface area contributed by atoms with E-state index in [1.165, 1.54) is 0 Å². The first-order valence-corrected chi connectivity index (χ1v) is 5.86. The van der Waals surface area contributed by atoms with Gasteiger partial charge < -0.3 is 5.32 Å². The number of anilines is 1. The van der Waals surface area contributed by atoms with Crippen LogP contribution in [0.5, 0.6) is 0 Å². The minimum Gasteiger partial charge on any atom is -0.335 e. The fourth-order valence-electron chi connectivity index (χ4n) is 1.77. The second kappa shape index (κ2) is 4.56. The molecular weight excluding hydrogens is 200 g/mol. The maximum atomic E-state index is 12.0. The molecule has 0 unspecified atom stereocenters. The van der Waals surface area contributed by atoms with Gasteiger partial charge in [-0.05, 0) is 38.3 Å². The molecule has 1 aromatic rings. The van der Waals surface area contributed by atoms with Crippen molar-refractivity contribution < 1.29 is 4.79 Å². The van der Waals surface area contributed by atoms with Gasteiger partial charge in [-0.1, -0.05) is 18.2 Å². The molecule has 3 heteroatoms. The maximum Gasteiger partial charge on any atom is 0.322 e. The van der Waals surface area contributed by atoms with E-state index < -0.39 is 0 Å². The van der Waals surface area contributed by atoms with E-state index >= 15 is 0 Å². The van der Waals surface area contributed by atoms with Gasteiger partial charge in [-0.25, -0.2) is 4.79 Å². The number of urea groups is 1. The molecule has 1 aromatic carbocycles. The van der Waals surface area contributed by atoms with Gasteiger partial charge in [-0.3, -0.25) is 4.90 Å². The second-order valence-electron chi connectivity index (χ2n) is 4.25. The molecule has 1 aliphatic rings. The molecule has 0 aliphatic heterocycles.